The Balaban J connectivity index is 0. The van der Waals surface area contributed by atoms with Crippen LogP contribution in [0.25, 0.3) is 0 Å². The van der Waals surface area contributed by atoms with Crippen LogP contribution in [0.15, 0.2) is 0 Å². The van der Waals surface area contributed by atoms with Gasteiger partial charge >= 0.3 is 0 Å². The quantitative estimate of drug-likeness (QED) is 0.511. The van der Waals surface area contributed by atoms with Crippen molar-refractivity contribution < 1.29 is 14.4 Å². The predicted molar refractivity (Wildman–Crippen MR) is 62.9 cm³/mol. The molecule has 5 nitrogen and oxygen atoms in total. The third-order valence-electron chi connectivity index (χ3n) is 1.82. The van der Waals surface area contributed by atoms with Gasteiger partial charge in [-0.1, -0.05) is 0 Å². The van der Waals surface area contributed by atoms with Crippen molar-refractivity contribution >= 4 is 18.0 Å². The lowest BCUT2D eigenvalue weighted by Gasteiger charge is -2.13. The van der Waals surface area contributed by atoms with Crippen molar-refractivity contribution in [1.82, 2.24) is 5.32 Å². The van der Waals surface area contributed by atoms with Gasteiger partial charge in [-0.15, -0.1) is 0 Å². The Morgan fingerprint density at radius 1 is 1.31 bits per heavy atom. The molecular weight excluding hydrogens is 208 g/mol. The minimum Gasteiger partial charge on any atom is -0.347 e. The summed E-state index contributed by atoms with van der Waals surface area (Å²) in [5, 5.41) is 2.61. The topological polar surface area (TPSA) is 89.3 Å². The maximum absolute atomic E-state index is 11.0. The SMILES string of the molecule is CC(=O)NC(CCCCN)C(C)=O.CC=O. The molecule has 1 atom stereocenters. The van der Waals surface area contributed by atoms with Crippen molar-refractivity contribution in [1.29, 1.82) is 0 Å². The number of nitrogens with one attached hydrogen (secondary N) is 1. The van der Waals surface area contributed by atoms with Crippen LogP contribution < -0.4 is 11.1 Å². The number of hydrogen-bond acceptors (Lipinski definition) is 4. The summed E-state index contributed by atoms with van der Waals surface area (Å²) in [7, 11) is 0. The highest BCUT2D eigenvalue weighted by atomic mass is 16.2. The Hall–Kier alpha value is -1.23. The molecule has 0 saturated carbocycles. The third kappa shape index (κ3) is 12.8. The van der Waals surface area contributed by atoms with Crippen molar-refractivity contribution in [3.8, 4) is 0 Å². The first-order valence-corrected chi connectivity index (χ1v) is 5.37. The van der Waals surface area contributed by atoms with E-state index in [-0.39, 0.29) is 17.7 Å². The Bertz CT molecular complexity index is 217. The molecule has 0 bridgehead atoms. The van der Waals surface area contributed by atoms with Gasteiger partial charge in [0.15, 0.2) is 5.78 Å². The molecule has 0 fully saturated rings. The minimum atomic E-state index is -0.330. The summed E-state index contributed by atoms with van der Waals surface area (Å²) >= 11 is 0. The number of nitrogens with two attached hydrogens (primary N) is 1. The van der Waals surface area contributed by atoms with Gasteiger partial charge in [0.25, 0.3) is 0 Å². The molecule has 0 rings (SSSR count). The number of amides is 1. The van der Waals surface area contributed by atoms with Crippen LogP contribution in [0.4, 0.5) is 0 Å². The zero-order valence-electron chi connectivity index (χ0n) is 10.3. The van der Waals surface area contributed by atoms with E-state index in [1.807, 2.05) is 0 Å². The molecule has 0 aliphatic rings. The lowest BCUT2D eigenvalue weighted by molar-refractivity contribution is -0.125. The highest BCUT2D eigenvalue weighted by Crippen LogP contribution is 2.01. The maximum atomic E-state index is 11.0. The first kappa shape index (κ1) is 17.2. The van der Waals surface area contributed by atoms with Crippen LogP contribution in [0.2, 0.25) is 0 Å². The van der Waals surface area contributed by atoms with Crippen molar-refractivity contribution in [2.24, 2.45) is 5.73 Å². The number of Topliss-reactive ketones (excluding diaryl/α,β-unsaturated/α-hetero) is 1. The summed E-state index contributed by atoms with van der Waals surface area (Å²) in [6.45, 7) is 4.98. The normalized spacial score (nSPS) is 10.8. The number of rotatable bonds is 6. The van der Waals surface area contributed by atoms with Gasteiger partial charge in [0.1, 0.15) is 6.29 Å². The summed E-state index contributed by atoms with van der Waals surface area (Å²) in [5.74, 6) is -0.153. The van der Waals surface area contributed by atoms with Gasteiger partial charge in [0.2, 0.25) is 5.91 Å². The molecule has 0 aromatic heterocycles. The van der Waals surface area contributed by atoms with E-state index >= 15 is 0 Å². The van der Waals surface area contributed by atoms with Gasteiger partial charge in [-0.05, 0) is 39.7 Å². The molecule has 0 aromatic rings. The third-order valence-corrected chi connectivity index (χ3v) is 1.82. The average molecular weight is 230 g/mol. The minimum absolute atomic E-state index is 0.00669. The van der Waals surface area contributed by atoms with Crippen LogP contribution in [-0.2, 0) is 14.4 Å². The monoisotopic (exact) mass is 230 g/mol. The highest BCUT2D eigenvalue weighted by molar-refractivity contribution is 5.86. The number of carbonyl (C=O) groups is 3. The second kappa shape index (κ2) is 11.8. The van der Waals surface area contributed by atoms with Crippen molar-refractivity contribution in [3.05, 3.63) is 0 Å². The number of ketones is 1. The van der Waals surface area contributed by atoms with Gasteiger partial charge in [0, 0.05) is 6.92 Å². The number of carbonyl (C=O) groups excluding carboxylic acids is 3. The van der Waals surface area contributed by atoms with Gasteiger partial charge in [-0.25, -0.2) is 0 Å². The molecule has 0 spiro atoms. The summed E-state index contributed by atoms with van der Waals surface area (Å²) in [6, 6.07) is -0.330. The Kier molecular flexibility index (Phi) is 12.7. The zero-order valence-corrected chi connectivity index (χ0v) is 10.3. The van der Waals surface area contributed by atoms with Crippen LogP contribution in [0.3, 0.4) is 0 Å². The predicted octanol–water partition coefficient (Wildman–Crippen LogP) is 0.414. The molecule has 0 radical (unpaired) electrons. The number of hydrogen-bond donors (Lipinski definition) is 2. The van der Waals surface area contributed by atoms with E-state index in [9.17, 15) is 9.59 Å². The summed E-state index contributed by atoms with van der Waals surface area (Å²) in [6.07, 6.45) is 3.20. The second-order valence-electron chi connectivity index (χ2n) is 3.38. The largest absolute Gasteiger partial charge is 0.347 e. The average Bonchev–Trinajstić information content (AvgIpc) is 2.17. The smallest absolute Gasteiger partial charge is 0.217 e. The van der Waals surface area contributed by atoms with E-state index in [1.54, 1.807) is 0 Å². The van der Waals surface area contributed by atoms with E-state index in [0.717, 1.165) is 19.1 Å². The number of unbranched alkanes of at least 4 members (excludes halogenated alkanes) is 1. The van der Waals surface area contributed by atoms with Crippen LogP contribution in [-0.4, -0.2) is 30.6 Å². The standard InChI is InChI=1S/C9H18N2O2.C2H4O/c1-7(12)9(11-8(2)13)5-3-4-6-10;1-2-3/h9H,3-6,10H2,1-2H3,(H,11,13);2H,1H3. The molecule has 5 heteroatoms. The van der Waals surface area contributed by atoms with Crippen molar-refractivity contribution in [3.63, 3.8) is 0 Å². The van der Waals surface area contributed by atoms with E-state index in [1.165, 1.54) is 20.8 Å². The number of aldehydes is 1. The molecule has 16 heavy (non-hydrogen) atoms. The Morgan fingerprint density at radius 3 is 2.12 bits per heavy atom. The van der Waals surface area contributed by atoms with Gasteiger partial charge < -0.3 is 15.8 Å². The van der Waals surface area contributed by atoms with E-state index < -0.39 is 0 Å². The molecule has 1 amide bonds. The fraction of sp³-hybridized carbons (Fsp3) is 0.727. The van der Waals surface area contributed by atoms with E-state index in [4.69, 9.17) is 10.5 Å². The fourth-order valence-electron chi connectivity index (χ4n) is 1.12. The van der Waals surface area contributed by atoms with Crippen molar-refractivity contribution in [2.45, 2.75) is 46.1 Å². The van der Waals surface area contributed by atoms with Gasteiger partial charge in [-0.2, -0.15) is 0 Å². The van der Waals surface area contributed by atoms with Crippen LogP contribution in [0.1, 0.15) is 40.0 Å². The maximum Gasteiger partial charge on any atom is 0.217 e. The summed E-state index contributed by atoms with van der Waals surface area (Å²) in [4.78, 5) is 30.5. The lowest BCUT2D eigenvalue weighted by atomic mass is 10.1. The van der Waals surface area contributed by atoms with Gasteiger partial charge in [-0.3, -0.25) is 9.59 Å². The lowest BCUT2D eigenvalue weighted by Crippen LogP contribution is -2.38. The van der Waals surface area contributed by atoms with Crippen LogP contribution in [0.5, 0.6) is 0 Å². The molecule has 0 aromatic carbocycles. The molecule has 0 aliphatic carbocycles. The van der Waals surface area contributed by atoms with E-state index in [2.05, 4.69) is 5.32 Å². The molecule has 0 heterocycles. The van der Waals surface area contributed by atoms with Gasteiger partial charge in [0.05, 0.1) is 6.04 Å². The molecule has 0 saturated heterocycles. The molecule has 3 N–H and O–H groups in total. The van der Waals surface area contributed by atoms with E-state index in [0.29, 0.717) is 13.0 Å². The highest BCUT2D eigenvalue weighted by Gasteiger charge is 2.13. The second-order valence-corrected chi connectivity index (χ2v) is 3.38. The summed E-state index contributed by atoms with van der Waals surface area (Å²) in [5.41, 5.74) is 5.32. The summed E-state index contributed by atoms with van der Waals surface area (Å²) < 4.78 is 0. The molecule has 94 valence electrons. The van der Waals surface area contributed by atoms with Crippen LogP contribution in [0, 0.1) is 0 Å². The van der Waals surface area contributed by atoms with Crippen molar-refractivity contribution in [2.75, 3.05) is 6.54 Å². The first-order valence-electron chi connectivity index (χ1n) is 5.37. The molecular formula is C11H22N2O3. The molecule has 1 unspecified atom stereocenters. The molecule has 0 aliphatic heterocycles. The van der Waals surface area contributed by atoms with Crippen LogP contribution >= 0.6 is 0 Å². The zero-order chi connectivity index (χ0) is 13.0. The Labute approximate surface area is 96.8 Å². The first-order chi connectivity index (χ1) is 7.49. The fourth-order valence-corrected chi connectivity index (χ4v) is 1.12. The Morgan fingerprint density at radius 2 is 1.81 bits per heavy atom.